The maximum Gasteiger partial charge on any atom is 0.338 e. The van der Waals surface area contributed by atoms with Gasteiger partial charge in [0.05, 0.1) is 27.8 Å². The molecule has 1 fully saturated rings. The zero-order valence-electron chi connectivity index (χ0n) is 28.4. The average molecular weight is 715 g/mol. The second-order valence-electron chi connectivity index (χ2n) is 11.9. The van der Waals surface area contributed by atoms with Crippen molar-refractivity contribution in [2.24, 2.45) is 0 Å². The van der Waals surface area contributed by atoms with E-state index >= 15 is 0 Å². The van der Waals surface area contributed by atoms with Gasteiger partial charge in [0.15, 0.2) is 30.5 Å². The quantitative estimate of drug-likeness (QED) is 0.115. The van der Waals surface area contributed by atoms with Gasteiger partial charge in [-0.15, -0.1) is 0 Å². The van der Waals surface area contributed by atoms with E-state index in [-0.39, 0.29) is 27.8 Å². The van der Waals surface area contributed by atoms with E-state index in [4.69, 9.17) is 28.4 Å². The molecule has 268 valence electrons. The highest BCUT2D eigenvalue weighted by molar-refractivity contribution is 5.92. The number of hydrogen-bond donors (Lipinski definition) is 0. The van der Waals surface area contributed by atoms with E-state index in [0.29, 0.717) is 0 Å². The van der Waals surface area contributed by atoms with Gasteiger partial charge in [0.25, 0.3) is 0 Å². The minimum absolute atomic E-state index is 0.110. The van der Waals surface area contributed by atoms with E-state index in [1.807, 2.05) is 0 Å². The van der Waals surface area contributed by atoms with Gasteiger partial charge in [-0.25, -0.2) is 24.0 Å². The van der Waals surface area contributed by atoms with Crippen LogP contribution in [0.2, 0.25) is 0 Å². The number of methoxy groups -OCH3 is 1. The molecule has 11 heteroatoms. The van der Waals surface area contributed by atoms with E-state index in [0.717, 1.165) is 0 Å². The molecule has 1 aliphatic carbocycles. The molecule has 0 radical (unpaired) electrons. The highest BCUT2D eigenvalue weighted by Gasteiger charge is 2.60. The van der Waals surface area contributed by atoms with Crippen LogP contribution < -0.4 is 0 Å². The van der Waals surface area contributed by atoms with Crippen molar-refractivity contribution >= 4 is 29.8 Å². The maximum atomic E-state index is 13.8. The summed E-state index contributed by atoms with van der Waals surface area (Å²) in [7, 11) is 1.26. The molecule has 53 heavy (non-hydrogen) atoms. The Kier molecular flexibility index (Phi) is 11.7. The zero-order chi connectivity index (χ0) is 37.2. The van der Waals surface area contributed by atoms with E-state index in [1.54, 1.807) is 91.0 Å². The summed E-state index contributed by atoms with van der Waals surface area (Å²) in [5.74, 6) is -4.34. The fourth-order valence-corrected chi connectivity index (χ4v) is 5.89. The van der Waals surface area contributed by atoms with Crippen LogP contribution in [0.25, 0.3) is 0 Å². The smallest absolute Gasteiger partial charge is 0.338 e. The fourth-order valence-electron chi connectivity index (χ4n) is 5.89. The Balaban J connectivity index is 1.50. The monoisotopic (exact) mass is 714 g/mol. The van der Waals surface area contributed by atoms with Crippen LogP contribution in [0.15, 0.2) is 152 Å². The van der Waals surface area contributed by atoms with Crippen LogP contribution in [-0.2, 0) is 28.4 Å². The van der Waals surface area contributed by atoms with Gasteiger partial charge in [0.1, 0.15) is 6.10 Å². The van der Waals surface area contributed by atoms with Gasteiger partial charge in [0, 0.05) is 7.11 Å². The molecule has 0 N–H and O–H groups in total. The standard InChI is InChI=1S/C42H34O11/c1-48-32-33(49-38(43)27-17-7-2-8-18-27)35(51-40(45)29-21-11-4-12-22-29)37(53-42(47)31-25-15-6-16-26-31)36(52-41(46)30-23-13-5-14-24-30)34(32)50-39(44)28-19-9-3-10-20-28/h2-26,32-37H,1H3/t32?,33-,34+,35-,36-,37?/m1/s1. The van der Waals surface area contributed by atoms with Crippen LogP contribution >= 0.6 is 0 Å². The van der Waals surface area contributed by atoms with Crippen molar-refractivity contribution in [1.29, 1.82) is 0 Å². The van der Waals surface area contributed by atoms with Crippen molar-refractivity contribution in [3.05, 3.63) is 179 Å². The molecule has 5 aromatic rings. The number of carbonyl (C=O) groups is 5. The number of rotatable bonds is 11. The van der Waals surface area contributed by atoms with Crippen LogP contribution in [0, 0.1) is 0 Å². The first-order valence-electron chi connectivity index (χ1n) is 16.7. The van der Waals surface area contributed by atoms with Crippen LogP contribution in [-0.4, -0.2) is 73.6 Å². The molecule has 0 amide bonds. The van der Waals surface area contributed by atoms with Gasteiger partial charge in [-0.1, -0.05) is 91.0 Å². The molecule has 0 heterocycles. The fraction of sp³-hybridized carbons (Fsp3) is 0.167. The van der Waals surface area contributed by atoms with Crippen molar-refractivity contribution in [3.63, 3.8) is 0 Å². The Morgan fingerprint density at radius 2 is 0.472 bits per heavy atom. The van der Waals surface area contributed by atoms with Gasteiger partial charge >= 0.3 is 29.8 Å². The number of benzene rings is 5. The largest absolute Gasteiger partial charge is 0.452 e. The Bertz CT molecular complexity index is 1890. The summed E-state index contributed by atoms with van der Waals surface area (Å²) >= 11 is 0. The first-order valence-corrected chi connectivity index (χ1v) is 16.7. The Morgan fingerprint density at radius 3 is 0.642 bits per heavy atom. The second-order valence-corrected chi connectivity index (χ2v) is 11.9. The van der Waals surface area contributed by atoms with E-state index in [9.17, 15) is 24.0 Å². The first-order chi connectivity index (χ1) is 25.8. The minimum atomic E-state index is -1.73. The summed E-state index contributed by atoms with van der Waals surface area (Å²) in [5, 5.41) is 0. The van der Waals surface area contributed by atoms with E-state index < -0.39 is 66.5 Å². The van der Waals surface area contributed by atoms with Crippen LogP contribution in [0.5, 0.6) is 0 Å². The summed E-state index contributed by atoms with van der Waals surface area (Å²) < 4.78 is 36.2. The third-order valence-electron chi connectivity index (χ3n) is 8.48. The molecule has 1 saturated carbocycles. The summed E-state index contributed by atoms with van der Waals surface area (Å²) in [5.41, 5.74) is 0.641. The van der Waals surface area contributed by atoms with Gasteiger partial charge in [-0.05, 0) is 60.7 Å². The summed E-state index contributed by atoms with van der Waals surface area (Å²) in [6, 6.07) is 39.9. The van der Waals surface area contributed by atoms with Gasteiger partial charge in [-0.3, -0.25) is 0 Å². The third-order valence-corrected chi connectivity index (χ3v) is 8.48. The topological polar surface area (TPSA) is 141 Å². The number of ether oxygens (including phenoxy) is 6. The molecule has 2 unspecified atom stereocenters. The Morgan fingerprint density at radius 1 is 0.302 bits per heavy atom. The summed E-state index contributed by atoms with van der Waals surface area (Å²) in [6.45, 7) is 0. The highest BCUT2D eigenvalue weighted by Crippen LogP contribution is 2.36. The number of carbonyl (C=O) groups excluding carboxylic acids is 5. The predicted molar refractivity (Wildman–Crippen MR) is 189 cm³/mol. The molecular weight excluding hydrogens is 680 g/mol. The molecule has 11 nitrogen and oxygen atoms in total. The summed E-state index contributed by atoms with van der Waals surface area (Å²) in [4.78, 5) is 68.8. The molecule has 6 rings (SSSR count). The molecular formula is C42H34O11. The van der Waals surface area contributed by atoms with Crippen LogP contribution in [0.1, 0.15) is 51.8 Å². The van der Waals surface area contributed by atoms with Gasteiger partial charge in [-0.2, -0.15) is 0 Å². The molecule has 0 spiro atoms. The second kappa shape index (κ2) is 17.1. The van der Waals surface area contributed by atoms with Crippen molar-refractivity contribution in [3.8, 4) is 0 Å². The van der Waals surface area contributed by atoms with Crippen molar-refractivity contribution in [2.75, 3.05) is 7.11 Å². The molecule has 6 atom stereocenters. The lowest BCUT2D eigenvalue weighted by Crippen LogP contribution is -2.68. The van der Waals surface area contributed by atoms with E-state index in [2.05, 4.69) is 0 Å². The number of hydrogen-bond acceptors (Lipinski definition) is 11. The normalized spacial score (nSPS) is 20.6. The SMILES string of the molecule is COC1[C@@H](OC(=O)c2ccccc2)[C@@H](OC(=O)c2ccccc2)C(OC(=O)c2ccccc2)[C@H](OC(=O)c2ccccc2)[C@H]1OC(=O)c1ccccc1. The molecule has 0 bridgehead atoms. The summed E-state index contributed by atoms with van der Waals surface area (Å²) in [6.07, 6.45) is -9.69. The van der Waals surface area contributed by atoms with Gasteiger partial charge in [0.2, 0.25) is 0 Å². The zero-order valence-corrected chi connectivity index (χ0v) is 28.4. The third kappa shape index (κ3) is 8.66. The Hall–Kier alpha value is -6.59. The van der Waals surface area contributed by atoms with Crippen molar-refractivity contribution in [2.45, 2.75) is 36.6 Å². The Labute approximate surface area is 305 Å². The van der Waals surface area contributed by atoms with Crippen LogP contribution in [0.3, 0.4) is 0 Å². The molecule has 0 saturated heterocycles. The number of esters is 5. The van der Waals surface area contributed by atoms with Crippen LogP contribution in [0.4, 0.5) is 0 Å². The minimum Gasteiger partial charge on any atom is -0.452 e. The average Bonchev–Trinajstić information content (AvgIpc) is 3.21. The maximum absolute atomic E-state index is 13.8. The lowest BCUT2D eigenvalue weighted by Gasteiger charge is -2.47. The predicted octanol–water partition coefficient (Wildman–Crippen LogP) is 6.14. The molecule has 5 aromatic carbocycles. The highest BCUT2D eigenvalue weighted by atomic mass is 16.7. The first kappa shape index (κ1) is 36.2. The van der Waals surface area contributed by atoms with E-state index in [1.165, 1.54) is 67.8 Å². The molecule has 0 aromatic heterocycles. The molecule has 0 aliphatic heterocycles. The lowest BCUT2D eigenvalue weighted by atomic mass is 9.83. The van der Waals surface area contributed by atoms with Gasteiger partial charge < -0.3 is 28.4 Å². The van der Waals surface area contributed by atoms with Crippen molar-refractivity contribution in [1.82, 2.24) is 0 Å². The van der Waals surface area contributed by atoms with Crippen molar-refractivity contribution < 1.29 is 52.4 Å². The molecule has 1 aliphatic rings. The lowest BCUT2D eigenvalue weighted by molar-refractivity contribution is -0.229.